The van der Waals surface area contributed by atoms with Crippen LogP contribution in [-0.2, 0) is 23.0 Å². The summed E-state index contributed by atoms with van der Waals surface area (Å²) in [5.74, 6) is 0.0543. The summed E-state index contributed by atoms with van der Waals surface area (Å²) in [7, 11) is 1.78. The van der Waals surface area contributed by atoms with Gasteiger partial charge in [0.25, 0.3) is 6.43 Å². The number of carbonyl (C=O) groups excluding carboxylic acids is 1. The predicted octanol–water partition coefficient (Wildman–Crippen LogP) is 2.44. The molecule has 8 nitrogen and oxygen atoms in total. The van der Waals surface area contributed by atoms with Crippen molar-refractivity contribution in [3.05, 3.63) is 46.9 Å². The highest BCUT2D eigenvalue weighted by atomic mass is 19.3. The van der Waals surface area contributed by atoms with Crippen molar-refractivity contribution in [2.75, 3.05) is 37.7 Å². The smallest absolute Gasteiger partial charge is 0.264 e. The van der Waals surface area contributed by atoms with Crippen LogP contribution in [0.15, 0.2) is 35.8 Å². The van der Waals surface area contributed by atoms with Crippen LogP contribution in [0.2, 0.25) is 0 Å². The molecular formula is C24H28F2N6O2. The quantitative estimate of drug-likeness (QED) is 0.741. The molecule has 1 aromatic carbocycles. The summed E-state index contributed by atoms with van der Waals surface area (Å²) in [5.41, 5.74) is 9.14. The first-order valence-electron chi connectivity index (χ1n) is 11.7. The number of aryl methyl sites for hydroxylation is 1. The molecule has 0 bridgehead atoms. The lowest BCUT2D eigenvalue weighted by molar-refractivity contribution is -0.128. The van der Waals surface area contributed by atoms with E-state index in [1.807, 2.05) is 11.0 Å². The van der Waals surface area contributed by atoms with Crippen molar-refractivity contribution in [3.8, 4) is 11.1 Å². The van der Waals surface area contributed by atoms with Crippen molar-refractivity contribution < 1.29 is 18.3 Å². The van der Waals surface area contributed by atoms with Crippen molar-refractivity contribution in [1.29, 1.82) is 0 Å². The molecule has 1 N–H and O–H groups in total. The summed E-state index contributed by atoms with van der Waals surface area (Å²) < 4.78 is 35.4. The van der Waals surface area contributed by atoms with Crippen LogP contribution in [-0.4, -0.2) is 70.7 Å². The van der Waals surface area contributed by atoms with E-state index in [1.54, 1.807) is 37.1 Å². The van der Waals surface area contributed by atoms with Crippen LogP contribution in [0.4, 0.5) is 14.5 Å². The number of anilines is 1. The minimum absolute atomic E-state index is 0.0177. The van der Waals surface area contributed by atoms with E-state index in [0.29, 0.717) is 37.4 Å². The van der Waals surface area contributed by atoms with E-state index >= 15 is 0 Å². The van der Waals surface area contributed by atoms with E-state index in [-0.39, 0.29) is 23.7 Å². The fourth-order valence-electron chi connectivity index (χ4n) is 5.55. The molecule has 6 rings (SSSR count). The van der Waals surface area contributed by atoms with Crippen LogP contribution in [0.25, 0.3) is 11.1 Å². The number of amides is 1. The lowest BCUT2D eigenvalue weighted by Gasteiger charge is -2.39. The SMILES string of the molecule is CC(=O)N1CCC2=C(C1)C(N1CCc3cc(-c4cnn(C)c4)c(C(F)F)cc31)NN2C1COC1. The third-order valence-corrected chi connectivity index (χ3v) is 7.41. The first kappa shape index (κ1) is 21.5. The Balaban J connectivity index is 1.38. The largest absolute Gasteiger partial charge is 0.377 e. The molecule has 0 aliphatic carbocycles. The average molecular weight is 471 g/mol. The summed E-state index contributed by atoms with van der Waals surface area (Å²) in [6.45, 7) is 4.88. The average Bonchev–Trinajstić information content (AvgIpc) is 3.48. The second-order valence-corrected chi connectivity index (χ2v) is 9.47. The van der Waals surface area contributed by atoms with Crippen molar-refractivity contribution in [1.82, 2.24) is 25.1 Å². The maximum Gasteiger partial charge on any atom is 0.264 e. The van der Waals surface area contributed by atoms with Crippen LogP contribution in [0, 0.1) is 0 Å². The molecule has 1 amide bonds. The molecule has 5 heterocycles. The van der Waals surface area contributed by atoms with E-state index < -0.39 is 6.43 Å². The fraction of sp³-hybridized carbons (Fsp3) is 0.500. The third-order valence-electron chi connectivity index (χ3n) is 7.41. The number of hydrogen-bond acceptors (Lipinski definition) is 6. The van der Waals surface area contributed by atoms with E-state index in [2.05, 4.69) is 20.4 Å². The van der Waals surface area contributed by atoms with Gasteiger partial charge in [-0.1, -0.05) is 0 Å². The molecule has 34 heavy (non-hydrogen) atoms. The second kappa shape index (κ2) is 8.06. The van der Waals surface area contributed by atoms with Crippen molar-refractivity contribution in [2.24, 2.45) is 7.05 Å². The number of rotatable bonds is 4. The van der Waals surface area contributed by atoms with Gasteiger partial charge in [-0.15, -0.1) is 0 Å². The number of hydrazine groups is 1. The Bertz CT molecular complexity index is 1170. The number of aromatic nitrogens is 2. The third kappa shape index (κ3) is 3.39. The standard InChI is InChI=1S/C24H28F2N6O2/c1-14(33)30-5-4-21-20(11-30)24(28-32(21)17-12-34-13-17)31-6-3-15-7-18(16-9-27-29(2)10-16)19(23(25)26)8-22(15)31/h7-10,17,23-24,28H,3-6,11-13H2,1-2H3. The number of nitrogens with zero attached hydrogens (tertiary/aromatic N) is 5. The molecule has 180 valence electrons. The molecule has 1 atom stereocenters. The highest BCUT2D eigenvalue weighted by Crippen LogP contribution is 2.42. The van der Waals surface area contributed by atoms with E-state index in [1.165, 1.54) is 5.70 Å². The van der Waals surface area contributed by atoms with Gasteiger partial charge in [-0.2, -0.15) is 5.10 Å². The zero-order chi connectivity index (χ0) is 23.6. The van der Waals surface area contributed by atoms with Gasteiger partial charge in [0, 0.05) is 74.3 Å². The lowest BCUT2D eigenvalue weighted by Crippen LogP contribution is -2.56. The number of fused-ring (bicyclic) bond motifs is 1. The number of alkyl halides is 2. The summed E-state index contributed by atoms with van der Waals surface area (Å²) in [4.78, 5) is 16.2. The minimum Gasteiger partial charge on any atom is -0.377 e. The fourth-order valence-corrected chi connectivity index (χ4v) is 5.55. The van der Waals surface area contributed by atoms with E-state index in [9.17, 15) is 13.6 Å². The Morgan fingerprint density at radius 3 is 2.71 bits per heavy atom. The number of benzene rings is 1. The summed E-state index contributed by atoms with van der Waals surface area (Å²) in [5, 5.41) is 6.37. The molecule has 0 spiro atoms. The molecule has 1 unspecified atom stereocenters. The van der Waals surface area contributed by atoms with Crippen LogP contribution < -0.4 is 10.3 Å². The van der Waals surface area contributed by atoms with Crippen LogP contribution in [0.5, 0.6) is 0 Å². The Morgan fingerprint density at radius 2 is 2.06 bits per heavy atom. The number of hydrogen-bond donors (Lipinski definition) is 1. The second-order valence-electron chi connectivity index (χ2n) is 9.47. The molecule has 1 fully saturated rings. The molecule has 1 aromatic heterocycles. The van der Waals surface area contributed by atoms with Crippen LogP contribution in [0.3, 0.4) is 0 Å². The summed E-state index contributed by atoms with van der Waals surface area (Å²) in [6.07, 6.45) is 2.18. The molecule has 2 aromatic rings. The number of carbonyl (C=O) groups is 1. The molecule has 1 saturated heterocycles. The summed E-state index contributed by atoms with van der Waals surface area (Å²) in [6, 6.07) is 3.81. The van der Waals surface area contributed by atoms with Crippen molar-refractivity contribution >= 4 is 11.6 Å². The van der Waals surface area contributed by atoms with Gasteiger partial charge in [-0.3, -0.25) is 9.48 Å². The van der Waals surface area contributed by atoms with Gasteiger partial charge >= 0.3 is 0 Å². The number of ether oxygens (including phenoxy) is 1. The van der Waals surface area contributed by atoms with Crippen LogP contribution in [0.1, 0.15) is 30.9 Å². The van der Waals surface area contributed by atoms with Crippen LogP contribution >= 0.6 is 0 Å². The Kier molecular flexibility index (Phi) is 5.11. The highest BCUT2D eigenvalue weighted by Gasteiger charge is 2.44. The van der Waals surface area contributed by atoms with Gasteiger partial charge in [0.2, 0.25) is 5.91 Å². The zero-order valence-electron chi connectivity index (χ0n) is 19.3. The minimum atomic E-state index is -2.60. The lowest BCUT2D eigenvalue weighted by atomic mass is 9.97. The first-order chi connectivity index (χ1) is 16.4. The maximum absolute atomic E-state index is 14.2. The number of halogens is 2. The molecular weight excluding hydrogens is 442 g/mol. The monoisotopic (exact) mass is 470 g/mol. The van der Waals surface area contributed by atoms with Gasteiger partial charge in [0.15, 0.2) is 0 Å². The van der Waals surface area contributed by atoms with Gasteiger partial charge in [-0.05, 0) is 29.7 Å². The van der Waals surface area contributed by atoms with Gasteiger partial charge in [-0.25, -0.2) is 14.2 Å². The van der Waals surface area contributed by atoms with Gasteiger partial charge in [0.1, 0.15) is 6.17 Å². The van der Waals surface area contributed by atoms with E-state index in [0.717, 1.165) is 36.2 Å². The summed E-state index contributed by atoms with van der Waals surface area (Å²) >= 11 is 0. The number of nitrogens with one attached hydrogen (secondary N) is 1. The molecule has 10 heteroatoms. The van der Waals surface area contributed by atoms with Gasteiger partial charge in [0.05, 0.1) is 25.5 Å². The topological polar surface area (TPSA) is 65.9 Å². The molecule has 4 aliphatic heterocycles. The van der Waals surface area contributed by atoms with Crippen molar-refractivity contribution in [3.63, 3.8) is 0 Å². The highest BCUT2D eigenvalue weighted by molar-refractivity contribution is 5.76. The zero-order valence-corrected chi connectivity index (χ0v) is 19.3. The first-order valence-corrected chi connectivity index (χ1v) is 11.7. The molecule has 4 aliphatic rings. The Morgan fingerprint density at radius 1 is 1.24 bits per heavy atom. The van der Waals surface area contributed by atoms with Crippen molar-refractivity contribution in [2.45, 2.75) is 38.4 Å². The van der Waals surface area contributed by atoms with E-state index in [4.69, 9.17) is 4.74 Å². The molecule has 0 radical (unpaired) electrons. The predicted molar refractivity (Wildman–Crippen MR) is 122 cm³/mol. The Labute approximate surface area is 196 Å². The normalized spacial score (nSPS) is 22.5. The maximum atomic E-state index is 14.2. The Hall–Kier alpha value is -2.98. The molecule has 0 saturated carbocycles. The van der Waals surface area contributed by atoms with Gasteiger partial charge < -0.3 is 19.5 Å².